The lowest BCUT2D eigenvalue weighted by Crippen LogP contribution is -2.27. The predicted molar refractivity (Wildman–Crippen MR) is 78.8 cm³/mol. The Morgan fingerprint density at radius 1 is 1.26 bits per heavy atom. The Balaban J connectivity index is 2.72. The van der Waals surface area contributed by atoms with Crippen LogP contribution in [0, 0.1) is 12.8 Å². The van der Waals surface area contributed by atoms with Crippen LogP contribution in [-0.2, 0) is 6.54 Å². The molecule has 1 unspecified atom stereocenters. The minimum atomic E-state index is 0.532. The normalized spacial score (nSPS) is 12.3. The van der Waals surface area contributed by atoms with Gasteiger partial charge in [0.25, 0.3) is 0 Å². The summed E-state index contributed by atoms with van der Waals surface area (Å²) in [6.07, 6.45) is 1.10. The van der Waals surface area contributed by atoms with Gasteiger partial charge in [0.2, 0.25) is 0 Å². The lowest BCUT2D eigenvalue weighted by molar-refractivity contribution is 0.387. The molecule has 19 heavy (non-hydrogen) atoms. The quantitative estimate of drug-likeness (QED) is 0.756. The van der Waals surface area contributed by atoms with E-state index >= 15 is 0 Å². The average molecular weight is 266 g/mol. The molecule has 0 heterocycles. The van der Waals surface area contributed by atoms with Crippen molar-refractivity contribution in [2.45, 2.75) is 26.8 Å². The minimum Gasteiger partial charge on any atom is -0.497 e. The highest BCUT2D eigenvalue weighted by Crippen LogP contribution is 2.28. The van der Waals surface area contributed by atoms with Gasteiger partial charge in [-0.3, -0.25) is 0 Å². The highest BCUT2D eigenvalue weighted by atomic mass is 16.5. The predicted octanol–water partition coefficient (Wildman–Crippen LogP) is 2.09. The first kappa shape index (κ1) is 15.8. The lowest BCUT2D eigenvalue weighted by Gasteiger charge is -2.17. The van der Waals surface area contributed by atoms with Crippen LogP contribution in [0.4, 0.5) is 0 Å². The second-order valence-corrected chi connectivity index (χ2v) is 4.77. The molecular weight excluding hydrogens is 240 g/mol. The van der Waals surface area contributed by atoms with Gasteiger partial charge in [-0.15, -0.1) is 0 Å². The van der Waals surface area contributed by atoms with Crippen LogP contribution in [-0.4, -0.2) is 27.3 Å². The number of benzene rings is 1. The monoisotopic (exact) mass is 266 g/mol. The molecule has 0 aromatic heterocycles. The number of hydrogen-bond donors (Lipinski definition) is 2. The van der Waals surface area contributed by atoms with Crippen LogP contribution in [0.1, 0.15) is 24.5 Å². The van der Waals surface area contributed by atoms with Gasteiger partial charge in [-0.1, -0.05) is 13.3 Å². The molecule has 108 valence electrons. The van der Waals surface area contributed by atoms with Crippen LogP contribution in [0.3, 0.4) is 0 Å². The molecule has 0 aliphatic rings. The third kappa shape index (κ3) is 4.40. The fourth-order valence-corrected chi connectivity index (χ4v) is 2.07. The van der Waals surface area contributed by atoms with E-state index in [0.29, 0.717) is 5.92 Å². The fraction of sp³-hybridized carbons (Fsp3) is 0.600. The van der Waals surface area contributed by atoms with E-state index in [2.05, 4.69) is 19.2 Å². The summed E-state index contributed by atoms with van der Waals surface area (Å²) < 4.78 is 10.7. The maximum atomic E-state index is 5.71. The van der Waals surface area contributed by atoms with E-state index in [-0.39, 0.29) is 0 Å². The first-order valence-corrected chi connectivity index (χ1v) is 6.78. The van der Waals surface area contributed by atoms with Gasteiger partial charge in [-0.25, -0.2) is 0 Å². The minimum absolute atomic E-state index is 0.532. The maximum Gasteiger partial charge on any atom is 0.127 e. The standard InChI is InChI=1S/C15H26N2O2/c1-5-12(8-16)9-17-10-14-11(2)6-13(18-3)7-15(14)19-4/h6-7,12,17H,5,8-10,16H2,1-4H3. The van der Waals surface area contributed by atoms with Gasteiger partial charge in [-0.05, 0) is 37.6 Å². The van der Waals surface area contributed by atoms with E-state index in [0.717, 1.165) is 37.6 Å². The zero-order valence-corrected chi connectivity index (χ0v) is 12.5. The Morgan fingerprint density at radius 3 is 2.53 bits per heavy atom. The van der Waals surface area contributed by atoms with E-state index < -0.39 is 0 Å². The molecule has 4 nitrogen and oxygen atoms in total. The third-order valence-electron chi connectivity index (χ3n) is 3.51. The number of hydrogen-bond acceptors (Lipinski definition) is 4. The summed E-state index contributed by atoms with van der Waals surface area (Å²) in [6.45, 7) is 6.68. The summed E-state index contributed by atoms with van der Waals surface area (Å²) in [4.78, 5) is 0. The molecule has 1 aromatic carbocycles. The number of rotatable bonds is 8. The van der Waals surface area contributed by atoms with Crippen LogP contribution >= 0.6 is 0 Å². The summed E-state index contributed by atoms with van der Waals surface area (Å²) in [5.41, 5.74) is 8.05. The van der Waals surface area contributed by atoms with Gasteiger partial charge < -0.3 is 20.5 Å². The fourth-order valence-electron chi connectivity index (χ4n) is 2.07. The van der Waals surface area contributed by atoms with Crippen LogP contribution in [0.2, 0.25) is 0 Å². The summed E-state index contributed by atoms with van der Waals surface area (Å²) >= 11 is 0. The largest absolute Gasteiger partial charge is 0.497 e. The second kappa shape index (κ2) is 8.02. The van der Waals surface area contributed by atoms with Crippen molar-refractivity contribution in [3.05, 3.63) is 23.3 Å². The molecule has 1 aromatic rings. The van der Waals surface area contributed by atoms with Crippen molar-refractivity contribution in [2.75, 3.05) is 27.3 Å². The average Bonchev–Trinajstić information content (AvgIpc) is 2.44. The third-order valence-corrected chi connectivity index (χ3v) is 3.51. The first-order chi connectivity index (χ1) is 9.15. The Bertz CT molecular complexity index is 390. The van der Waals surface area contributed by atoms with Gasteiger partial charge in [0.1, 0.15) is 11.5 Å². The summed E-state index contributed by atoms with van der Waals surface area (Å²) in [5.74, 6) is 2.22. The van der Waals surface area contributed by atoms with Crippen molar-refractivity contribution in [2.24, 2.45) is 11.7 Å². The molecule has 3 N–H and O–H groups in total. The molecule has 0 aliphatic heterocycles. The zero-order valence-electron chi connectivity index (χ0n) is 12.5. The van der Waals surface area contributed by atoms with E-state index in [1.807, 2.05) is 12.1 Å². The molecule has 0 amide bonds. The molecule has 0 saturated heterocycles. The highest BCUT2D eigenvalue weighted by molar-refractivity contribution is 5.46. The van der Waals surface area contributed by atoms with Crippen molar-refractivity contribution in [3.8, 4) is 11.5 Å². The van der Waals surface area contributed by atoms with Crippen LogP contribution in [0.15, 0.2) is 12.1 Å². The molecule has 0 fully saturated rings. The van der Waals surface area contributed by atoms with Gasteiger partial charge in [0.15, 0.2) is 0 Å². The van der Waals surface area contributed by atoms with E-state index in [1.165, 1.54) is 11.1 Å². The molecule has 0 aliphatic carbocycles. The zero-order chi connectivity index (χ0) is 14.3. The van der Waals surface area contributed by atoms with E-state index in [4.69, 9.17) is 15.2 Å². The van der Waals surface area contributed by atoms with Gasteiger partial charge >= 0.3 is 0 Å². The molecule has 4 heteroatoms. The SMILES string of the molecule is CCC(CN)CNCc1c(C)cc(OC)cc1OC. The van der Waals surface area contributed by atoms with Crippen molar-refractivity contribution in [1.29, 1.82) is 0 Å². The number of methoxy groups -OCH3 is 2. The molecule has 1 rings (SSSR count). The second-order valence-electron chi connectivity index (χ2n) is 4.77. The number of aryl methyl sites for hydroxylation is 1. The van der Waals surface area contributed by atoms with Crippen molar-refractivity contribution < 1.29 is 9.47 Å². The Hall–Kier alpha value is -1.26. The van der Waals surface area contributed by atoms with Crippen molar-refractivity contribution in [3.63, 3.8) is 0 Å². The van der Waals surface area contributed by atoms with E-state index in [9.17, 15) is 0 Å². The molecule has 0 radical (unpaired) electrons. The van der Waals surface area contributed by atoms with Crippen molar-refractivity contribution >= 4 is 0 Å². The lowest BCUT2D eigenvalue weighted by atomic mass is 10.1. The highest BCUT2D eigenvalue weighted by Gasteiger charge is 2.10. The Morgan fingerprint density at radius 2 is 2.00 bits per heavy atom. The number of nitrogens with two attached hydrogens (primary N) is 1. The van der Waals surface area contributed by atoms with Crippen LogP contribution in [0.25, 0.3) is 0 Å². The topological polar surface area (TPSA) is 56.5 Å². The van der Waals surface area contributed by atoms with E-state index in [1.54, 1.807) is 14.2 Å². The summed E-state index contributed by atoms with van der Waals surface area (Å²) in [7, 11) is 3.35. The molecule has 0 saturated carbocycles. The smallest absolute Gasteiger partial charge is 0.127 e. The molecular formula is C15H26N2O2. The van der Waals surface area contributed by atoms with Crippen LogP contribution in [0.5, 0.6) is 11.5 Å². The Kier molecular flexibility index (Phi) is 6.67. The van der Waals surface area contributed by atoms with Crippen molar-refractivity contribution in [1.82, 2.24) is 5.32 Å². The maximum absolute atomic E-state index is 5.71. The number of ether oxygens (including phenoxy) is 2. The first-order valence-electron chi connectivity index (χ1n) is 6.78. The summed E-state index contributed by atoms with van der Waals surface area (Å²) in [5, 5.41) is 3.46. The molecule has 1 atom stereocenters. The van der Waals surface area contributed by atoms with Crippen LogP contribution < -0.4 is 20.5 Å². The molecule has 0 bridgehead atoms. The van der Waals surface area contributed by atoms with Gasteiger partial charge in [0, 0.05) is 18.2 Å². The summed E-state index contributed by atoms with van der Waals surface area (Å²) in [6, 6.07) is 3.95. The van der Waals surface area contributed by atoms with Gasteiger partial charge in [-0.2, -0.15) is 0 Å². The van der Waals surface area contributed by atoms with Gasteiger partial charge in [0.05, 0.1) is 14.2 Å². The molecule has 0 spiro atoms. The number of nitrogens with one attached hydrogen (secondary N) is 1. The Labute approximate surface area is 116 Å².